The van der Waals surface area contributed by atoms with Crippen LogP contribution in [0.5, 0.6) is 5.75 Å². The highest BCUT2D eigenvalue weighted by molar-refractivity contribution is 7.18. The molecule has 11 heteroatoms. The predicted molar refractivity (Wildman–Crippen MR) is 127 cm³/mol. The molecular weight excluding hydrogens is 481 g/mol. The summed E-state index contributed by atoms with van der Waals surface area (Å²) >= 11 is 1.19. The van der Waals surface area contributed by atoms with Crippen molar-refractivity contribution in [2.75, 3.05) is 19.0 Å². The summed E-state index contributed by atoms with van der Waals surface area (Å²) in [6.45, 7) is 3.69. The molecule has 2 amide bonds. The maximum Gasteiger partial charge on any atom is 0.416 e. The van der Waals surface area contributed by atoms with E-state index in [9.17, 15) is 22.8 Å². The summed E-state index contributed by atoms with van der Waals surface area (Å²) in [4.78, 5) is 27.0. The van der Waals surface area contributed by atoms with Gasteiger partial charge in [0.1, 0.15) is 10.8 Å². The van der Waals surface area contributed by atoms with E-state index < -0.39 is 17.6 Å². The fraction of sp³-hybridized carbons (Fsp3) is 0.333. The molecule has 0 bridgehead atoms. The van der Waals surface area contributed by atoms with Gasteiger partial charge in [0.15, 0.2) is 0 Å². The van der Waals surface area contributed by atoms with Crippen LogP contribution < -0.4 is 10.1 Å². The lowest BCUT2D eigenvalue weighted by Crippen LogP contribution is -2.40. The molecule has 7 nitrogen and oxygen atoms in total. The van der Waals surface area contributed by atoms with E-state index in [1.54, 1.807) is 26.2 Å². The topological polar surface area (TPSA) is 84.4 Å². The molecule has 0 saturated carbocycles. The Balaban J connectivity index is 1.66. The minimum absolute atomic E-state index is 0.0392. The van der Waals surface area contributed by atoms with E-state index in [1.807, 2.05) is 19.1 Å². The molecule has 0 unspecified atom stereocenters. The van der Waals surface area contributed by atoms with Gasteiger partial charge in [0.25, 0.3) is 5.91 Å². The molecule has 3 rings (SSSR count). The summed E-state index contributed by atoms with van der Waals surface area (Å²) < 4.78 is 44.4. The smallest absolute Gasteiger partial charge is 0.416 e. The average Bonchev–Trinajstić information content (AvgIpc) is 3.31. The van der Waals surface area contributed by atoms with Crippen molar-refractivity contribution in [3.8, 4) is 16.3 Å². The highest BCUT2D eigenvalue weighted by atomic mass is 32.1. The van der Waals surface area contributed by atoms with Crippen LogP contribution in [0, 0.1) is 0 Å². The number of hydrogen-bond acceptors (Lipinski definition) is 6. The van der Waals surface area contributed by atoms with Crippen molar-refractivity contribution in [1.29, 1.82) is 0 Å². The second kappa shape index (κ2) is 11.3. The first-order chi connectivity index (χ1) is 16.6. The van der Waals surface area contributed by atoms with Gasteiger partial charge in [-0.25, -0.2) is 0 Å². The number of alkyl halides is 3. The average molecular weight is 507 g/mol. The minimum atomic E-state index is -4.55. The molecule has 0 aliphatic carbocycles. The Morgan fingerprint density at radius 1 is 1.14 bits per heavy atom. The zero-order valence-electron chi connectivity index (χ0n) is 19.4. The number of anilines is 1. The van der Waals surface area contributed by atoms with Gasteiger partial charge in [-0.3, -0.25) is 9.59 Å². The third-order valence-corrected chi connectivity index (χ3v) is 6.28. The molecular formula is C24H25F3N4O3S. The molecule has 1 aromatic heterocycles. The van der Waals surface area contributed by atoms with Crippen molar-refractivity contribution in [1.82, 2.24) is 15.1 Å². The van der Waals surface area contributed by atoms with Crippen molar-refractivity contribution in [2.24, 2.45) is 0 Å². The lowest BCUT2D eigenvalue weighted by molar-refractivity contribution is -0.137. The number of amides is 2. The number of aromatic nitrogens is 2. The van der Waals surface area contributed by atoms with E-state index in [0.717, 1.165) is 17.7 Å². The molecule has 0 aliphatic rings. The van der Waals surface area contributed by atoms with Gasteiger partial charge in [-0.15, -0.1) is 10.2 Å². The molecule has 1 N–H and O–H groups in total. The SMILES string of the molecule is CC[C@H](C)N(CCC(=O)Nc1nnc(-c2cccc(OC)c2)s1)C(=O)c1cccc(C(F)(F)F)c1. The molecule has 35 heavy (non-hydrogen) atoms. The number of nitrogens with one attached hydrogen (secondary N) is 1. The van der Waals surface area contributed by atoms with Gasteiger partial charge in [-0.05, 0) is 43.7 Å². The number of rotatable bonds is 9. The van der Waals surface area contributed by atoms with E-state index in [0.29, 0.717) is 22.3 Å². The van der Waals surface area contributed by atoms with Crippen LogP contribution in [0.3, 0.4) is 0 Å². The number of carbonyl (C=O) groups excluding carboxylic acids is 2. The fourth-order valence-electron chi connectivity index (χ4n) is 3.29. The highest BCUT2D eigenvalue weighted by Crippen LogP contribution is 2.30. The van der Waals surface area contributed by atoms with Crippen LogP contribution in [0.4, 0.5) is 18.3 Å². The standard InChI is InChI=1S/C24H25F3N4O3S/c1-4-15(2)31(22(33)17-8-5-9-18(13-17)24(25,26)27)12-11-20(32)28-23-30-29-21(35-23)16-7-6-10-19(14-16)34-3/h5-10,13-15H,4,11-12H2,1-3H3,(H,28,30,32)/t15-/m0/s1. The zero-order chi connectivity index (χ0) is 25.6. The first kappa shape index (κ1) is 26.1. The number of nitrogens with zero attached hydrogens (tertiary/aromatic N) is 3. The Hall–Kier alpha value is -3.47. The van der Waals surface area contributed by atoms with Gasteiger partial charge >= 0.3 is 6.18 Å². The highest BCUT2D eigenvalue weighted by Gasteiger charge is 2.31. The van der Waals surface area contributed by atoms with Crippen LogP contribution in [-0.2, 0) is 11.0 Å². The zero-order valence-corrected chi connectivity index (χ0v) is 20.2. The Bertz CT molecular complexity index is 1180. The summed E-state index contributed by atoms with van der Waals surface area (Å²) in [7, 11) is 1.56. The predicted octanol–water partition coefficient (Wildman–Crippen LogP) is 5.50. The number of halogens is 3. The van der Waals surface area contributed by atoms with Crippen molar-refractivity contribution in [2.45, 2.75) is 38.9 Å². The van der Waals surface area contributed by atoms with E-state index in [-0.39, 0.29) is 30.5 Å². The maximum absolute atomic E-state index is 13.1. The largest absolute Gasteiger partial charge is 0.497 e. The van der Waals surface area contributed by atoms with Crippen LogP contribution in [-0.4, -0.2) is 46.6 Å². The number of benzene rings is 2. The van der Waals surface area contributed by atoms with Crippen molar-refractivity contribution in [3.05, 3.63) is 59.7 Å². The van der Waals surface area contributed by atoms with Crippen LogP contribution in [0.1, 0.15) is 42.6 Å². The fourth-order valence-corrected chi connectivity index (χ4v) is 4.04. The molecule has 186 valence electrons. The molecule has 0 saturated heterocycles. The monoisotopic (exact) mass is 506 g/mol. The molecule has 0 radical (unpaired) electrons. The molecule has 0 aliphatic heterocycles. The summed E-state index contributed by atoms with van der Waals surface area (Å²) in [5, 5.41) is 11.6. The molecule has 3 aromatic rings. The number of hydrogen-bond donors (Lipinski definition) is 1. The first-order valence-electron chi connectivity index (χ1n) is 10.9. The molecule has 2 aromatic carbocycles. The van der Waals surface area contributed by atoms with E-state index in [1.165, 1.54) is 28.4 Å². The Labute approximate surface area is 204 Å². The first-order valence-corrected chi connectivity index (χ1v) is 11.7. The van der Waals surface area contributed by atoms with Gasteiger partial charge in [-0.1, -0.05) is 36.5 Å². The van der Waals surface area contributed by atoms with Gasteiger partial charge in [0.2, 0.25) is 11.0 Å². The summed E-state index contributed by atoms with van der Waals surface area (Å²) in [5.41, 5.74) is -0.183. The van der Waals surface area contributed by atoms with Crippen LogP contribution >= 0.6 is 11.3 Å². The number of methoxy groups -OCH3 is 1. The summed E-state index contributed by atoms with van der Waals surface area (Å²) in [6, 6.07) is 11.3. The second-order valence-corrected chi connectivity index (χ2v) is 8.75. The summed E-state index contributed by atoms with van der Waals surface area (Å²) in [6.07, 6.45) is -4.03. The van der Waals surface area contributed by atoms with Crippen LogP contribution in [0.25, 0.3) is 10.6 Å². The molecule has 0 fully saturated rings. The number of ether oxygens (including phenoxy) is 1. The Morgan fingerprint density at radius 3 is 2.57 bits per heavy atom. The Kier molecular flexibility index (Phi) is 8.44. The van der Waals surface area contributed by atoms with E-state index in [4.69, 9.17) is 4.74 Å². The summed E-state index contributed by atoms with van der Waals surface area (Å²) in [5.74, 6) is -0.281. The van der Waals surface area contributed by atoms with Gasteiger partial charge < -0.3 is 15.0 Å². The lowest BCUT2D eigenvalue weighted by Gasteiger charge is -2.28. The lowest BCUT2D eigenvalue weighted by atomic mass is 10.1. The van der Waals surface area contributed by atoms with Gasteiger partial charge in [0.05, 0.1) is 12.7 Å². The number of carbonyl (C=O) groups is 2. The van der Waals surface area contributed by atoms with Crippen molar-refractivity contribution in [3.63, 3.8) is 0 Å². The van der Waals surface area contributed by atoms with Gasteiger partial charge in [-0.2, -0.15) is 13.2 Å². The van der Waals surface area contributed by atoms with E-state index in [2.05, 4.69) is 15.5 Å². The van der Waals surface area contributed by atoms with Crippen molar-refractivity contribution < 1.29 is 27.5 Å². The third kappa shape index (κ3) is 6.78. The van der Waals surface area contributed by atoms with Gasteiger partial charge in [0, 0.05) is 30.1 Å². The Morgan fingerprint density at radius 2 is 1.89 bits per heavy atom. The molecule has 1 atom stereocenters. The van der Waals surface area contributed by atoms with Crippen LogP contribution in [0.15, 0.2) is 48.5 Å². The molecule has 0 spiro atoms. The third-order valence-electron chi connectivity index (χ3n) is 5.39. The maximum atomic E-state index is 13.1. The second-order valence-electron chi connectivity index (χ2n) is 7.78. The normalized spacial score (nSPS) is 12.2. The van der Waals surface area contributed by atoms with E-state index >= 15 is 0 Å². The van der Waals surface area contributed by atoms with Crippen LogP contribution in [0.2, 0.25) is 0 Å². The van der Waals surface area contributed by atoms with Crippen molar-refractivity contribution >= 4 is 28.3 Å². The quantitative estimate of drug-likeness (QED) is 0.414. The molecule has 1 heterocycles. The minimum Gasteiger partial charge on any atom is -0.497 e.